The Morgan fingerprint density at radius 3 is 2.78 bits per heavy atom. The van der Waals surface area contributed by atoms with Crippen molar-refractivity contribution < 1.29 is 19.4 Å². The fourth-order valence-corrected chi connectivity index (χ4v) is 2.72. The first-order valence-corrected chi connectivity index (χ1v) is 6.43. The van der Waals surface area contributed by atoms with Crippen LogP contribution in [0.25, 0.3) is 0 Å². The number of carbonyl (C=O) groups is 2. The molecule has 2 unspecified atom stereocenters. The average Bonchev–Trinajstić information content (AvgIpc) is 2.86. The number of nitrogens with one attached hydrogen (secondary N) is 1. The summed E-state index contributed by atoms with van der Waals surface area (Å²) in [5.41, 5.74) is 0. The van der Waals surface area contributed by atoms with Gasteiger partial charge >= 0.3 is 5.97 Å². The second-order valence-electron chi connectivity index (χ2n) is 4.94. The molecule has 0 radical (unpaired) electrons. The van der Waals surface area contributed by atoms with Gasteiger partial charge in [0, 0.05) is 20.2 Å². The summed E-state index contributed by atoms with van der Waals surface area (Å²) < 4.78 is 5.20. The minimum absolute atomic E-state index is 0.0482. The van der Waals surface area contributed by atoms with Crippen molar-refractivity contribution in [2.75, 3.05) is 20.2 Å². The van der Waals surface area contributed by atoms with Crippen LogP contribution in [0, 0.1) is 0 Å². The van der Waals surface area contributed by atoms with Crippen LogP contribution in [0.2, 0.25) is 0 Å². The number of carbonyl (C=O) groups excluding carboxylic acids is 1. The number of ether oxygens (including phenoxy) is 1. The predicted molar refractivity (Wildman–Crippen MR) is 64.2 cm³/mol. The Hall–Kier alpha value is -1.14. The predicted octanol–water partition coefficient (Wildman–Crippen LogP) is -0.171. The number of carboxylic acid groups (broad SMARTS) is 1. The summed E-state index contributed by atoms with van der Waals surface area (Å²) >= 11 is 0. The second-order valence-corrected chi connectivity index (χ2v) is 4.94. The summed E-state index contributed by atoms with van der Waals surface area (Å²) in [5.74, 6) is -0.994. The maximum absolute atomic E-state index is 12.3. The van der Waals surface area contributed by atoms with E-state index in [4.69, 9.17) is 9.84 Å². The Morgan fingerprint density at radius 1 is 1.39 bits per heavy atom. The lowest BCUT2D eigenvalue weighted by Crippen LogP contribution is -2.53. The lowest BCUT2D eigenvalue weighted by molar-refractivity contribution is -0.152. The van der Waals surface area contributed by atoms with E-state index in [-0.39, 0.29) is 18.1 Å². The van der Waals surface area contributed by atoms with Crippen LogP contribution in [0.5, 0.6) is 0 Å². The van der Waals surface area contributed by atoms with E-state index in [1.165, 1.54) is 4.90 Å². The molecule has 0 aromatic rings. The molecule has 3 atom stereocenters. The van der Waals surface area contributed by atoms with Gasteiger partial charge < -0.3 is 20.1 Å². The van der Waals surface area contributed by atoms with Gasteiger partial charge in [0.15, 0.2) is 0 Å². The third-order valence-electron chi connectivity index (χ3n) is 3.79. The summed E-state index contributed by atoms with van der Waals surface area (Å²) in [6, 6.07) is -0.954. The SMILES string of the molecule is COC1CNC(C(=O)N2CCCC[C@@H]2C(=O)O)C1. The third kappa shape index (κ3) is 2.64. The fourth-order valence-electron chi connectivity index (χ4n) is 2.72. The molecule has 1 amide bonds. The first kappa shape index (κ1) is 13.3. The lowest BCUT2D eigenvalue weighted by atomic mass is 10.0. The van der Waals surface area contributed by atoms with E-state index >= 15 is 0 Å². The van der Waals surface area contributed by atoms with E-state index in [0.29, 0.717) is 25.9 Å². The molecule has 6 nitrogen and oxygen atoms in total. The molecule has 2 heterocycles. The Morgan fingerprint density at radius 2 is 2.17 bits per heavy atom. The van der Waals surface area contributed by atoms with Crippen LogP contribution in [-0.4, -0.2) is 60.3 Å². The molecule has 6 heteroatoms. The number of carboxylic acids is 1. The highest BCUT2D eigenvalue weighted by atomic mass is 16.5. The maximum atomic E-state index is 12.3. The van der Waals surface area contributed by atoms with Gasteiger partial charge in [-0.2, -0.15) is 0 Å². The molecule has 2 N–H and O–H groups in total. The fraction of sp³-hybridized carbons (Fsp3) is 0.833. The molecule has 2 fully saturated rings. The molecule has 0 aliphatic carbocycles. The molecule has 102 valence electrons. The summed E-state index contributed by atoms with van der Waals surface area (Å²) in [6.45, 7) is 1.20. The molecule has 2 rings (SSSR count). The largest absolute Gasteiger partial charge is 0.480 e. The summed E-state index contributed by atoms with van der Waals surface area (Å²) in [5, 5.41) is 12.3. The van der Waals surface area contributed by atoms with E-state index in [9.17, 15) is 9.59 Å². The van der Waals surface area contributed by atoms with Crippen LogP contribution in [0.1, 0.15) is 25.7 Å². The van der Waals surface area contributed by atoms with Crippen molar-refractivity contribution in [1.29, 1.82) is 0 Å². The summed E-state index contributed by atoms with van der Waals surface area (Å²) in [4.78, 5) is 25.0. The maximum Gasteiger partial charge on any atom is 0.326 e. The lowest BCUT2D eigenvalue weighted by Gasteiger charge is -2.34. The van der Waals surface area contributed by atoms with Crippen molar-refractivity contribution in [3.05, 3.63) is 0 Å². The molecule has 0 bridgehead atoms. The highest BCUT2D eigenvalue weighted by Gasteiger charge is 2.38. The molecule has 0 aromatic carbocycles. The summed E-state index contributed by atoms with van der Waals surface area (Å²) in [7, 11) is 1.63. The van der Waals surface area contributed by atoms with Gasteiger partial charge in [0.05, 0.1) is 12.1 Å². The van der Waals surface area contributed by atoms with E-state index in [0.717, 1.165) is 12.8 Å². The van der Waals surface area contributed by atoms with Crippen molar-refractivity contribution >= 4 is 11.9 Å². The van der Waals surface area contributed by atoms with Crippen LogP contribution < -0.4 is 5.32 Å². The number of rotatable bonds is 3. The number of hydrogen-bond donors (Lipinski definition) is 2. The number of aliphatic carboxylic acids is 1. The molecule has 0 spiro atoms. The first-order chi connectivity index (χ1) is 8.63. The van der Waals surface area contributed by atoms with Crippen molar-refractivity contribution in [2.45, 2.75) is 43.9 Å². The van der Waals surface area contributed by atoms with Crippen LogP contribution in [0.15, 0.2) is 0 Å². The van der Waals surface area contributed by atoms with Crippen molar-refractivity contribution in [3.63, 3.8) is 0 Å². The molecule has 2 aliphatic heterocycles. The van der Waals surface area contributed by atoms with Crippen molar-refractivity contribution in [1.82, 2.24) is 10.2 Å². The van der Waals surface area contributed by atoms with Gasteiger partial charge in [-0.3, -0.25) is 4.79 Å². The quantitative estimate of drug-likeness (QED) is 0.733. The number of likely N-dealkylation sites (tertiary alicyclic amines) is 1. The highest BCUT2D eigenvalue weighted by molar-refractivity contribution is 5.87. The number of hydrogen-bond acceptors (Lipinski definition) is 4. The van der Waals surface area contributed by atoms with Gasteiger partial charge in [-0.05, 0) is 25.7 Å². The molecular weight excluding hydrogens is 236 g/mol. The van der Waals surface area contributed by atoms with Gasteiger partial charge in [-0.1, -0.05) is 0 Å². The second kappa shape index (κ2) is 5.67. The van der Waals surface area contributed by atoms with Crippen molar-refractivity contribution in [2.24, 2.45) is 0 Å². The van der Waals surface area contributed by atoms with Crippen LogP contribution >= 0.6 is 0 Å². The van der Waals surface area contributed by atoms with Gasteiger partial charge in [0.1, 0.15) is 6.04 Å². The Bertz CT molecular complexity index is 334. The summed E-state index contributed by atoms with van der Waals surface area (Å²) in [6.07, 6.45) is 2.99. The van der Waals surface area contributed by atoms with E-state index in [2.05, 4.69) is 5.32 Å². The van der Waals surface area contributed by atoms with Crippen LogP contribution in [0.4, 0.5) is 0 Å². The van der Waals surface area contributed by atoms with E-state index in [1.54, 1.807) is 7.11 Å². The van der Waals surface area contributed by atoms with Gasteiger partial charge in [-0.15, -0.1) is 0 Å². The molecular formula is C12H20N2O4. The Kier molecular flexibility index (Phi) is 4.19. The zero-order chi connectivity index (χ0) is 13.1. The molecule has 0 saturated carbocycles. The first-order valence-electron chi connectivity index (χ1n) is 6.43. The zero-order valence-corrected chi connectivity index (χ0v) is 10.6. The number of nitrogens with zero attached hydrogens (tertiary/aromatic N) is 1. The van der Waals surface area contributed by atoms with E-state index in [1.807, 2.05) is 0 Å². The molecule has 18 heavy (non-hydrogen) atoms. The van der Waals surface area contributed by atoms with Crippen LogP contribution in [-0.2, 0) is 14.3 Å². The van der Waals surface area contributed by atoms with E-state index < -0.39 is 12.0 Å². The monoisotopic (exact) mass is 256 g/mol. The molecule has 0 aromatic heterocycles. The minimum atomic E-state index is -0.899. The van der Waals surface area contributed by atoms with Crippen molar-refractivity contribution in [3.8, 4) is 0 Å². The number of amides is 1. The normalized spacial score (nSPS) is 32.5. The Labute approximate surface area is 106 Å². The third-order valence-corrected chi connectivity index (χ3v) is 3.79. The zero-order valence-electron chi connectivity index (χ0n) is 10.6. The molecule has 2 aliphatic rings. The number of piperidine rings is 1. The Balaban J connectivity index is 2.00. The topological polar surface area (TPSA) is 78.9 Å². The average molecular weight is 256 g/mol. The smallest absolute Gasteiger partial charge is 0.326 e. The van der Waals surface area contributed by atoms with Gasteiger partial charge in [0.25, 0.3) is 0 Å². The number of methoxy groups -OCH3 is 1. The minimum Gasteiger partial charge on any atom is -0.480 e. The van der Waals surface area contributed by atoms with Crippen LogP contribution in [0.3, 0.4) is 0 Å². The van der Waals surface area contributed by atoms with Gasteiger partial charge in [-0.25, -0.2) is 4.79 Å². The molecule has 2 saturated heterocycles. The van der Waals surface area contributed by atoms with Gasteiger partial charge in [0.2, 0.25) is 5.91 Å². The highest BCUT2D eigenvalue weighted by Crippen LogP contribution is 2.21. The standard InChI is InChI=1S/C12H20N2O4/c1-18-8-6-9(13-7-8)11(15)14-5-3-2-4-10(14)12(16)17/h8-10,13H,2-7H2,1H3,(H,16,17)/t8?,9?,10-/m1/s1.